The summed E-state index contributed by atoms with van der Waals surface area (Å²) in [6.45, 7) is 9.30. The molecule has 0 amide bonds. The van der Waals surface area contributed by atoms with Crippen molar-refractivity contribution in [2.45, 2.75) is 6.42 Å². The minimum atomic E-state index is 0.685. The Labute approximate surface area is 104 Å². The number of nitrogens with one attached hydrogen (secondary N) is 1. The maximum Gasteiger partial charge on any atom is 0.0700 e. The largest absolute Gasteiger partial charge is 0.382 e. The maximum absolute atomic E-state index is 5.38. The number of rotatable bonds is 10. The first-order valence-corrected chi connectivity index (χ1v) is 6.51. The summed E-state index contributed by atoms with van der Waals surface area (Å²) in [4.78, 5) is 2.44. The van der Waals surface area contributed by atoms with Gasteiger partial charge in [-0.3, -0.25) is 4.90 Å². The zero-order chi connectivity index (χ0) is 12.2. The average molecular weight is 246 g/mol. The fourth-order valence-electron chi connectivity index (χ4n) is 1.73. The highest BCUT2D eigenvalue weighted by Gasteiger charge is 2.08. The third-order valence-electron chi connectivity index (χ3n) is 2.78. The molecule has 102 valence electrons. The van der Waals surface area contributed by atoms with Gasteiger partial charge in [0.1, 0.15) is 0 Å². The van der Waals surface area contributed by atoms with Crippen molar-refractivity contribution in [3.05, 3.63) is 0 Å². The second-order valence-corrected chi connectivity index (χ2v) is 4.16. The van der Waals surface area contributed by atoms with Crippen molar-refractivity contribution in [1.82, 2.24) is 10.2 Å². The van der Waals surface area contributed by atoms with Crippen molar-refractivity contribution in [3.8, 4) is 0 Å². The van der Waals surface area contributed by atoms with E-state index < -0.39 is 0 Å². The highest BCUT2D eigenvalue weighted by molar-refractivity contribution is 4.62. The molecule has 1 heterocycles. The van der Waals surface area contributed by atoms with E-state index in [1.54, 1.807) is 7.11 Å². The molecule has 0 atom stereocenters. The molecule has 5 heteroatoms. The van der Waals surface area contributed by atoms with E-state index in [1.807, 2.05) is 0 Å². The predicted molar refractivity (Wildman–Crippen MR) is 67.4 cm³/mol. The molecule has 0 spiro atoms. The highest BCUT2D eigenvalue weighted by atomic mass is 16.5. The lowest BCUT2D eigenvalue weighted by Crippen LogP contribution is -2.40. The topological polar surface area (TPSA) is 43.0 Å². The van der Waals surface area contributed by atoms with Crippen LogP contribution in [0.25, 0.3) is 0 Å². The van der Waals surface area contributed by atoms with Gasteiger partial charge in [-0.2, -0.15) is 0 Å². The molecule has 0 aliphatic carbocycles. The number of methoxy groups -OCH3 is 1. The standard InChI is InChI=1S/C12H26N2O3/c1-15-11-12-16-8-2-3-13-4-5-14-6-9-17-10-7-14/h13H,2-12H2,1H3. The van der Waals surface area contributed by atoms with Crippen molar-refractivity contribution in [3.63, 3.8) is 0 Å². The molecule has 0 saturated carbocycles. The van der Waals surface area contributed by atoms with Gasteiger partial charge < -0.3 is 19.5 Å². The van der Waals surface area contributed by atoms with Gasteiger partial charge in [0, 0.05) is 39.9 Å². The molecule has 1 fully saturated rings. The number of nitrogens with zero attached hydrogens (tertiary/aromatic N) is 1. The summed E-state index contributed by atoms with van der Waals surface area (Å²) in [6, 6.07) is 0. The van der Waals surface area contributed by atoms with Gasteiger partial charge in [0.05, 0.1) is 26.4 Å². The molecule has 0 radical (unpaired) electrons. The van der Waals surface area contributed by atoms with Crippen LogP contribution in [-0.4, -0.2) is 77.8 Å². The van der Waals surface area contributed by atoms with E-state index in [0.29, 0.717) is 13.2 Å². The molecule has 1 aliphatic heterocycles. The Morgan fingerprint density at radius 1 is 1.12 bits per heavy atom. The van der Waals surface area contributed by atoms with Crippen LogP contribution in [-0.2, 0) is 14.2 Å². The van der Waals surface area contributed by atoms with Gasteiger partial charge in [0.15, 0.2) is 0 Å². The summed E-state index contributed by atoms with van der Waals surface area (Å²) >= 11 is 0. The normalized spacial score (nSPS) is 17.5. The molecule has 0 unspecified atom stereocenters. The summed E-state index contributed by atoms with van der Waals surface area (Å²) in [5.41, 5.74) is 0. The Morgan fingerprint density at radius 3 is 2.71 bits per heavy atom. The fourth-order valence-corrected chi connectivity index (χ4v) is 1.73. The first-order valence-electron chi connectivity index (χ1n) is 6.51. The summed E-state index contributed by atoms with van der Waals surface area (Å²) in [5.74, 6) is 0. The van der Waals surface area contributed by atoms with Crippen molar-refractivity contribution < 1.29 is 14.2 Å². The average Bonchev–Trinajstić information content (AvgIpc) is 2.38. The summed E-state index contributed by atoms with van der Waals surface area (Å²) < 4.78 is 15.6. The van der Waals surface area contributed by atoms with Crippen LogP contribution in [0.15, 0.2) is 0 Å². The predicted octanol–water partition coefficient (Wildman–Crippen LogP) is -0.0387. The minimum Gasteiger partial charge on any atom is -0.382 e. The minimum absolute atomic E-state index is 0.685. The van der Waals surface area contributed by atoms with Gasteiger partial charge in [-0.15, -0.1) is 0 Å². The summed E-state index contributed by atoms with van der Waals surface area (Å²) in [7, 11) is 1.69. The monoisotopic (exact) mass is 246 g/mol. The van der Waals surface area contributed by atoms with E-state index in [1.165, 1.54) is 0 Å². The van der Waals surface area contributed by atoms with E-state index >= 15 is 0 Å². The molecule has 17 heavy (non-hydrogen) atoms. The van der Waals surface area contributed by atoms with Gasteiger partial charge >= 0.3 is 0 Å². The molecule has 1 N–H and O–H groups in total. The third-order valence-corrected chi connectivity index (χ3v) is 2.78. The Bertz CT molecular complexity index is 164. The maximum atomic E-state index is 5.38. The van der Waals surface area contributed by atoms with Crippen molar-refractivity contribution in [2.75, 3.05) is 72.9 Å². The van der Waals surface area contributed by atoms with Crippen molar-refractivity contribution >= 4 is 0 Å². The van der Waals surface area contributed by atoms with E-state index in [4.69, 9.17) is 14.2 Å². The van der Waals surface area contributed by atoms with Crippen LogP contribution in [0.4, 0.5) is 0 Å². The van der Waals surface area contributed by atoms with Crippen molar-refractivity contribution in [1.29, 1.82) is 0 Å². The molecule has 0 aromatic rings. The Balaban J connectivity index is 1.75. The second kappa shape index (κ2) is 10.9. The van der Waals surface area contributed by atoms with Gasteiger partial charge in [-0.1, -0.05) is 0 Å². The lowest BCUT2D eigenvalue weighted by Gasteiger charge is -2.26. The number of ether oxygens (including phenoxy) is 3. The van der Waals surface area contributed by atoms with Crippen LogP contribution < -0.4 is 5.32 Å². The first kappa shape index (κ1) is 14.9. The van der Waals surface area contributed by atoms with Crippen LogP contribution in [0.2, 0.25) is 0 Å². The molecular formula is C12H26N2O3. The third kappa shape index (κ3) is 8.51. The molecule has 1 saturated heterocycles. The van der Waals surface area contributed by atoms with Crippen LogP contribution in [0, 0.1) is 0 Å². The van der Waals surface area contributed by atoms with Crippen molar-refractivity contribution in [2.24, 2.45) is 0 Å². The van der Waals surface area contributed by atoms with Crippen LogP contribution in [0.3, 0.4) is 0 Å². The lowest BCUT2D eigenvalue weighted by atomic mass is 10.4. The molecule has 1 rings (SSSR count). The highest BCUT2D eigenvalue weighted by Crippen LogP contribution is 1.94. The zero-order valence-electron chi connectivity index (χ0n) is 11.0. The second-order valence-electron chi connectivity index (χ2n) is 4.16. The quantitative estimate of drug-likeness (QED) is 0.548. The molecule has 1 aliphatic rings. The number of morpholine rings is 1. The van der Waals surface area contributed by atoms with Gasteiger partial charge in [0.2, 0.25) is 0 Å². The van der Waals surface area contributed by atoms with Crippen LogP contribution in [0.1, 0.15) is 6.42 Å². The summed E-state index contributed by atoms with van der Waals surface area (Å²) in [5, 5.41) is 3.43. The SMILES string of the molecule is COCCOCCCNCCN1CCOCC1. The van der Waals surface area contributed by atoms with Crippen LogP contribution in [0.5, 0.6) is 0 Å². The van der Waals surface area contributed by atoms with Crippen LogP contribution >= 0.6 is 0 Å². The van der Waals surface area contributed by atoms with Gasteiger partial charge in [-0.25, -0.2) is 0 Å². The Hall–Kier alpha value is -0.200. The molecule has 0 aromatic carbocycles. The zero-order valence-corrected chi connectivity index (χ0v) is 11.0. The fraction of sp³-hybridized carbons (Fsp3) is 1.00. The molecule has 5 nitrogen and oxygen atoms in total. The van der Waals surface area contributed by atoms with E-state index in [2.05, 4.69) is 10.2 Å². The number of hydrogen-bond acceptors (Lipinski definition) is 5. The Kier molecular flexibility index (Phi) is 9.55. The number of hydrogen-bond donors (Lipinski definition) is 1. The Morgan fingerprint density at radius 2 is 1.94 bits per heavy atom. The van der Waals surface area contributed by atoms with Gasteiger partial charge in [-0.05, 0) is 13.0 Å². The molecule has 0 aromatic heterocycles. The van der Waals surface area contributed by atoms with Gasteiger partial charge in [0.25, 0.3) is 0 Å². The van der Waals surface area contributed by atoms with E-state index in [0.717, 1.165) is 59.0 Å². The molecular weight excluding hydrogens is 220 g/mol. The smallest absolute Gasteiger partial charge is 0.0700 e. The molecule has 0 bridgehead atoms. The lowest BCUT2D eigenvalue weighted by molar-refractivity contribution is 0.0382. The van der Waals surface area contributed by atoms with E-state index in [9.17, 15) is 0 Å². The summed E-state index contributed by atoms with van der Waals surface area (Å²) in [6.07, 6.45) is 1.06. The first-order chi connectivity index (χ1) is 8.43. The van der Waals surface area contributed by atoms with E-state index in [-0.39, 0.29) is 0 Å².